The molecule has 4 N–H and O–H groups in total. The van der Waals surface area contributed by atoms with E-state index in [9.17, 15) is 24.3 Å². The molecule has 5 amide bonds. The monoisotopic (exact) mass is 854 g/mol. The number of aromatic nitrogens is 2. The maximum absolute atomic E-state index is 14.6. The average molecular weight is 855 g/mol. The van der Waals surface area contributed by atoms with E-state index in [0.717, 1.165) is 33.1 Å². The van der Waals surface area contributed by atoms with Crippen molar-refractivity contribution in [2.45, 2.75) is 105 Å². The second-order valence-electron chi connectivity index (χ2n) is 18.1. The van der Waals surface area contributed by atoms with Crippen molar-refractivity contribution < 1.29 is 29.0 Å². The standard InChI is InChI=1S/C46H62N8O6S/c1-30(2)42-48-34(29-61-42)27-52-23-24-54(44(52)59)39(46(6,7)8)41(57)49-36(25-31-15-11-10-12-16-31)37(55)28-53(51-40(56)38(45(3,4)5)50-43(58)60-9)26-32-18-20-33(21-19-32)35-17-13-14-22-47-35/h10-22,29-30,36-39,55H,23-28H2,1-9H3,(H,49,57)(H,50,58)(H,51,56). The summed E-state index contributed by atoms with van der Waals surface area (Å²) in [6.45, 7) is 16.6. The van der Waals surface area contributed by atoms with Crippen LogP contribution in [0.5, 0.6) is 0 Å². The molecule has 15 heteroatoms. The largest absolute Gasteiger partial charge is 0.453 e. The van der Waals surface area contributed by atoms with Gasteiger partial charge in [0.15, 0.2) is 0 Å². The lowest BCUT2D eigenvalue weighted by Gasteiger charge is -2.38. The van der Waals surface area contributed by atoms with Crippen LogP contribution in [0.25, 0.3) is 11.3 Å². The molecule has 1 aliphatic heterocycles. The molecule has 0 spiro atoms. The molecule has 5 rings (SSSR count). The summed E-state index contributed by atoms with van der Waals surface area (Å²) in [5, 5.41) is 22.6. The fraction of sp³-hybridized carbons (Fsp3) is 0.478. The second-order valence-corrected chi connectivity index (χ2v) is 19.0. The summed E-state index contributed by atoms with van der Waals surface area (Å²) < 4.78 is 4.83. The first-order valence-electron chi connectivity index (χ1n) is 20.8. The van der Waals surface area contributed by atoms with Gasteiger partial charge in [0.25, 0.3) is 5.91 Å². The van der Waals surface area contributed by atoms with Gasteiger partial charge in [-0.05, 0) is 40.5 Å². The highest BCUT2D eigenvalue weighted by Crippen LogP contribution is 2.30. The summed E-state index contributed by atoms with van der Waals surface area (Å²) in [4.78, 5) is 67.5. The predicted molar refractivity (Wildman–Crippen MR) is 237 cm³/mol. The van der Waals surface area contributed by atoms with Crippen molar-refractivity contribution in [3.05, 3.63) is 106 Å². The molecule has 0 saturated carbocycles. The zero-order valence-corrected chi connectivity index (χ0v) is 37.7. The van der Waals surface area contributed by atoms with E-state index < -0.39 is 53.0 Å². The van der Waals surface area contributed by atoms with Crippen molar-refractivity contribution in [3.8, 4) is 11.3 Å². The summed E-state index contributed by atoms with van der Waals surface area (Å²) >= 11 is 1.58. The van der Waals surface area contributed by atoms with Crippen molar-refractivity contribution in [1.82, 2.24) is 40.8 Å². The smallest absolute Gasteiger partial charge is 0.407 e. The number of alkyl carbamates (subject to hydrolysis) is 1. The van der Waals surface area contributed by atoms with E-state index in [-0.39, 0.29) is 31.5 Å². The Labute approximate surface area is 364 Å². The van der Waals surface area contributed by atoms with E-state index in [4.69, 9.17) is 9.72 Å². The lowest BCUT2D eigenvalue weighted by Crippen LogP contribution is -2.61. The van der Waals surface area contributed by atoms with Crippen LogP contribution < -0.4 is 16.1 Å². The molecule has 1 fully saturated rings. The summed E-state index contributed by atoms with van der Waals surface area (Å²) in [7, 11) is 1.23. The first kappa shape index (κ1) is 46.7. The van der Waals surface area contributed by atoms with Gasteiger partial charge in [0.2, 0.25) is 5.91 Å². The normalized spacial score (nSPS) is 15.4. The van der Waals surface area contributed by atoms with Gasteiger partial charge in [-0.3, -0.25) is 20.0 Å². The van der Waals surface area contributed by atoms with Gasteiger partial charge in [-0.15, -0.1) is 11.3 Å². The molecule has 2 aromatic carbocycles. The molecule has 1 aliphatic rings. The molecular weight excluding hydrogens is 793 g/mol. The molecule has 328 valence electrons. The Bertz CT molecular complexity index is 2070. The van der Waals surface area contributed by atoms with Gasteiger partial charge in [0, 0.05) is 49.2 Å². The number of urea groups is 1. The number of carbonyl (C=O) groups excluding carboxylic acids is 4. The Morgan fingerprint density at radius 3 is 2.16 bits per heavy atom. The number of rotatable bonds is 17. The molecule has 2 aromatic heterocycles. The number of benzene rings is 2. The Balaban J connectivity index is 1.41. The number of ether oxygens (including phenoxy) is 1. The minimum absolute atomic E-state index is 0.108. The van der Waals surface area contributed by atoms with Crippen molar-refractivity contribution in [3.63, 3.8) is 0 Å². The Kier molecular flexibility index (Phi) is 15.7. The SMILES string of the molecule is COC(=O)NC(C(=O)NN(Cc1ccc(-c2ccccn2)cc1)CC(O)C(Cc1ccccc1)NC(=O)C(N1CCN(Cc2csc(C(C)C)n2)C1=O)C(C)(C)C)C(C)(C)C. The van der Waals surface area contributed by atoms with Crippen molar-refractivity contribution >= 4 is 35.3 Å². The van der Waals surface area contributed by atoms with Crippen LogP contribution in [0.4, 0.5) is 9.59 Å². The summed E-state index contributed by atoms with van der Waals surface area (Å²) in [6.07, 6.45) is 0.0225. The number of methoxy groups -OCH3 is 1. The van der Waals surface area contributed by atoms with Gasteiger partial charge in [0.1, 0.15) is 12.1 Å². The molecule has 0 radical (unpaired) electrons. The first-order valence-corrected chi connectivity index (χ1v) is 21.6. The molecule has 3 heterocycles. The lowest BCUT2D eigenvalue weighted by atomic mass is 9.84. The molecule has 0 aliphatic carbocycles. The maximum atomic E-state index is 14.6. The van der Waals surface area contributed by atoms with Crippen LogP contribution in [0, 0.1) is 10.8 Å². The van der Waals surface area contributed by atoms with Crippen molar-refractivity contribution in [1.29, 1.82) is 0 Å². The first-order chi connectivity index (χ1) is 28.8. The third kappa shape index (κ3) is 12.8. The number of hydrogen-bond donors (Lipinski definition) is 4. The maximum Gasteiger partial charge on any atom is 0.407 e. The molecule has 1 saturated heterocycles. The summed E-state index contributed by atoms with van der Waals surface area (Å²) in [6, 6.07) is 20.0. The number of aliphatic hydroxyl groups excluding tert-OH is 1. The van der Waals surface area contributed by atoms with E-state index in [1.165, 1.54) is 7.11 Å². The summed E-state index contributed by atoms with van der Waals surface area (Å²) in [5.41, 5.74) is 5.83. The van der Waals surface area contributed by atoms with E-state index in [1.54, 1.807) is 32.3 Å². The van der Waals surface area contributed by atoms with Crippen LogP contribution in [0.15, 0.2) is 84.4 Å². The zero-order valence-electron chi connectivity index (χ0n) is 36.8. The van der Waals surface area contributed by atoms with Gasteiger partial charge in [0.05, 0.1) is 42.2 Å². The zero-order chi connectivity index (χ0) is 44.5. The predicted octanol–water partition coefficient (Wildman–Crippen LogP) is 6.37. The topological polar surface area (TPSA) is 169 Å². The molecule has 14 nitrogen and oxygen atoms in total. The molecule has 4 atom stereocenters. The molecule has 4 aromatic rings. The number of aliphatic hydroxyl groups is 1. The highest BCUT2D eigenvalue weighted by Gasteiger charge is 2.44. The van der Waals surface area contributed by atoms with Gasteiger partial charge in [-0.1, -0.05) is 116 Å². The van der Waals surface area contributed by atoms with E-state index >= 15 is 0 Å². The fourth-order valence-electron chi connectivity index (χ4n) is 7.37. The highest BCUT2D eigenvalue weighted by atomic mass is 32.1. The van der Waals surface area contributed by atoms with Crippen LogP contribution in [-0.2, 0) is 33.8 Å². The number of amides is 5. The number of thiazole rings is 1. The van der Waals surface area contributed by atoms with Crippen LogP contribution in [0.1, 0.15) is 83.1 Å². The van der Waals surface area contributed by atoms with E-state index in [0.29, 0.717) is 19.6 Å². The number of carbonyl (C=O) groups is 4. The third-order valence-corrected chi connectivity index (χ3v) is 11.7. The van der Waals surface area contributed by atoms with Gasteiger partial charge >= 0.3 is 12.1 Å². The highest BCUT2D eigenvalue weighted by molar-refractivity contribution is 7.09. The minimum Gasteiger partial charge on any atom is -0.453 e. The summed E-state index contributed by atoms with van der Waals surface area (Å²) in [5.74, 6) is -0.620. The number of nitrogens with zero attached hydrogens (tertiary/aromatic N) is 5. The molecule has 4 unspecified atom stereocenters. The Morgan fingerprint density at radius 2 is 1.57 bits per heavy atom. The Hall–Kier alpha value is -5.38. The lowest BCUT2D eigenvalue weighted by molar-refractivity contribution is -0.133. The van der Waals surface area contributed by atoms with Gasteiger partial charge in [-0.2, -0.15) is 0 Å². The molecule has 61 heavy (non-hydrogen) atoms. The quantitative estimate of drug-likeness (QED) is 0.0882. The minimum atomic E-state index is -1.22. The van der Waals surface area contributed by atoms with E-state index in [1.807, 2.05) is 120 Å². The molecular formula is C46H62N8O6S. The second kappa shape index (κ2) is 20.5. The van der Waals surface area contributed by atoms with Gasteiger partial charge < -0.3 is 30.3 Å². The van der Waals surface area contributed by atoms with Crippen molar-refractivity contribution in [2.24, 2.45) is 10.8 Å². The number of pyridine rings is 1. The van der Waals surface area contributed by atoms with Crippen molar-refractivity contribution in [2.75, 3.05) is 26.7 Å². The average Bonchev–Trinajstić information content (AvgIpc) is 3.83. The Morgan fingerprint density at radius 1 is 0.885 bits per heavy atom. The van der Waals surface area contributed by atoms with Crippen LogP contribution in [-0.4, -0.2) is 105 Å². The number of hydrazine groups is 1. The van der Waals surface area contributed by atoms with Crippen LogP contribution >= 0.6 is 11.3 Å². The number of nitrogens with one attached hydrogen (secondary N) is 3. The fourth-order valence-corrected chi connectivity index (χ4v) is 8.20. The van der Waals surface area contributed by atoms with Crippen LogP contribution in [0.2, 0.25) is 0 Å². The number of hydrogen-bond acceptors (Lipinski definition) is 10. The molecule has 0 bridgehead atoms. The van der Waals surface area contributed by atoms with Crippen LogP contribution in [0.3, 0.4) is 0 Å². The van der Waals surface area contributed by atoms with Gasteiger partial charge in [-0.25, -0.2) is 19.6 Å². The van der Waals surface area contributed by atoms with E-state index in [2.05, 4.69) is 34.9 Å². The third-order valence-electron chi connectivity index (χ3n) is 10.6.